The maximum Gasteiger partial charge on any atom is 0.186 e. The molecule has 0 N–H and O–H groups in total. The van der Waals surface area contributed by atoms with Crippen LogP contribution in [0.2, 0.25) is 0 Å². The fourth-order valence-electron chi connectivity index (χ4n) is 0.408. The Bertz CT molecular complexity index is 79.0. The zero-order valence-corrected chi connectivity index (χ0v) is 7.95. The lowest BCUT2D eigenvalue weighted by Gasteiger charge is -2.17. The van der Waals surface area contributed by atoms with Crippen molar-refractivity contribution in [2.45, 2.75) is 24.1 Å². The van der Waals surface area contributed by atoms with Crippen molar-refractivity contribution in [3.05, 3.63) is 4.84 Å². The third kappa shape index (κ3) is 3.77. The van der Waals surface area contributed by atoms with Crippen LogP contribution in [-0.4, -0.2) is 4.33 Å². The molecule has 0 nitrogen and oxygen atoms in total. The van der Waals surface area contributed by atoms with E-state index >= 15 is 0 Å². The lowest BCUT2D eigenvalue weighted by Crippen LogP contribution is -2.14. The van der Waals surface area contributed by atoms with Crippen LogP contribution in [0.1, 0.15) is 19.8 Å². The molecule has 0 aliphatic rings. The normalized spacial score (nSPS) is 12.7. The van der Waals surface area contributed by atoms with Gasteiger partial charge in [0.1, 0.15) is 0 Å². The summed E-state index contributed by atoms with van der Waals surface area (Å²) in [5, 5.41) is 0. The standard InChI is InChI=1S/C5H7Cl4/c1-2-3-5(8,9)4(6)7/h2-3H2,1H3. The summed E-state index contributed by atoms with van der Waals surface area (Å²) in [7, 11) is 0. The number of halogens is 4. The van der Waals surface area contributed by atoms with Crippen LogP contribution in [0.4, 0.5) is 0 Å². The molecule has 0 unspecified atom stereocenters. The second-order valence-corrected chi connectivity index (χ2v) is 4.15. The van der Waals surface area contributed by atoms with E-state index in [0.717, 1.165) is 6.42 Å². The van der Waals surface area contributed by atoms with E-state index in [0.29, 0.717) is 6.42 Å². The summed E-state index contributed by atoms with van der Waals surface area (Å²) in [4.78, 5) is 0.0210. The highest BCUT2D eigenvalue weighted by Crippen LogP contribution is 2.41. The van der Waals surface area contributed by atoms with Crippen LogP contribution in [-0.2, 0) is 0 Å². The number of rotatable bonds is 3. The molecule has 0 amide bonds. The Kier molecular flexibility index (Phi) is 4.66. The maximum atomic E-state index is 5.64. The van der Waals surface area contributed by atoms with E-state index in [1.807, 2.05) is 6.92 Å². The van der Waals surface area contributed by atoms with Crippen LogP contribution in [0.3, 0.4) is 0 Å². The van der Waals surface area contributed by atoms with Crippen LogP contribution in [0.25, 0.3) is 0 Å². The summed E-state index contributed by atoms with van der Waals surface area (Å²) in [6, 6.07) is 0. The molecule has 0 aliphatic carbocycles. The van der Waals surface area contributed by atoms with Gasteiger partial charge in [0.25, 0.3) is 0 Å². The highest BCUT2D eigenvalue weighted by atomic mass is 35.5. The fourth-order valence-corrected chi connectivity index (χ4v) is 0.975. The summed E-state index contributed by atoms with van der Waals surface area (Å²) in [6.07, 6.45) is 1.44. The first-order valence-electron chi connectivity index (χ1n) is 2.57. The average molecular weight is 209 g/mol. The number of alkyl halides is 2. The Morgan fingerprint density at radius 1 is 1.33 bits per heavy atom. The topological polar surface area (TPSA) is 0 Å². The third-order valence-electron chi connectivity index (χ3n) is 0.840. The zero-order valence-electron chi connectivity index (χ0n) is 4.93. The molecule has 0 aliphatic heterocycles. The van der Waals surface area contributed by atoms with Crippen molar-refractivity contribution in [3.63, 3.8) is 0 Å². The van der Waals surface area contributed by atoms with Gasteiger partial charge in [-0.15, -0.1) is 0 Å². The summed E-state index contributed by atoms with van der Waals surface area (Å²) < 4.78 is -1.06. The Morgan fingerprint density at radius 2 is 1.78 bits per heavy atom. The van der Waals surface area contributed by atoms with Gasteiger partial charge in [0.2, 0.25) is 0 Å². The molecule has 0 rings (SSSR count). The molecule has 0 aromatic rings. The molecule has 9 heavy (non-hydrogen) atoms. The van der Waals surface area contributed by atoms with E-state index < -0.39 is 4.33 Å². The summed E-state index contributed by atoms with van der Waals surface area (Å²) >= 11 is 22.0. The number of hydrogen-bond donors (Lipinski definition) is 0. The van der Waals surface area contributed by atoms with E-state index in [-0.39, 0.29) is 4.84 Å². The summed E-state index contributed by atoms with van der Waals surface area (Å²) in [5.41, 5.74) is 0. The molecule has 55 valence electrons. The Labute approximate surface area is 75.4 Å². The molecule has 0 fully saturated rings. The Balaban J connectivity index is 3.70. The van der Waals surface area contributed by atoms with Crippen molar-refractivity contribution in [2.75, 3.05) is 0 Å². The van der Waals surface area contributed by atoms with Gasteiger partial charge >= 0.3 is 0 Å². The first-order chi connectivity index (χ1) is 4.00. The van der Waals surface area contributed by atoms with E-state index in [2.05, 4.69) is 0 Å². The van der Waals surface area contributed by atoms with Gasteiger partial charge in [-0.25, -0.2) is 0 Å². The van der Waals surface area contributed by atoms with Crippen molar-refractivity contribution < 1.29 is 0 Å². The molecular weight excluding hydrogens is 202 g/mol. The second-order valence-electron chi connectivity index (χ2n) is 1.71. The monoisotopic (exact) mass is 207 g/mol. The van der Waals surface area contributed by atoms with Crippen LogP contribution in [0, 0.1) is 4.84 Å². The smallest absolute Gasteiger partial charge is 0.0982 e. The quantitative estimate of drug-likeness (QED) is 0.617. The highest BCUT2D eigenvalue weighted by Gasteiger charge is 2.31. The van der Waals surface area contributed by atoms with Gasteiger partial charge < -0.3 is 0 Å². The van der Waals surface area contributed by atoms with Gasteiger partial charge in [0.15, 0.2) is 9.17 Å². The molecule has 0 saturated carbocycles. The first-order valence-corrected chi connectivity index (χ1v) is 4.08. The largest absolute Gasteiger partial charge is 0.186 e. The predicted molar refractivity (Wildman–Crippen MR) is 44.3 cm³/mol. The van der Waals surface area contributed by atoms with Gasteiger partial charge in [-0.05, 0) is 6.42 Å². The minimum absolute atomic E-state index is 0.0210. The third-order valence-corrected chi connectivity index (χ3v) is 2.63. The SMILES string of the molecule is CCCC(Cl)(Cl)[C](Cl)Cl. The summed E-state index contributed by atoms with van der Waals surface area (Å²) in [6.45, 7) is 1.95. The van der Waals surface area contributed by atoms with Gasteiger partial charge in [0, 0.05) is 0 Å². The van der Waals surface area contributed by atoms with Crippen LogP contribution in [0.15, 0.2) is 0 Å². The van der Waals surface area contributed by atoms with Crippen molar-refractivity contribution >= 4 is 46.4 Å². The zero-order chi connectivity index (χ0) is 7.49. The van der Waals surface area contributed by atoms with Gasteiger partial charge in [-0.3, -0.25) is 0 Å². The lowest BCUT2D eigenvalue weighted by molar-refractivity contribution is 0.754. The van der Waals surface area contributed by atoms with Gasteiger partial charge in [0.05, 0.1) is 0 Å². The highest BCUT2D eigenvalue weighted by molar-refractivity contribution is 6.65. The fraction of sp³-hybridized carbons (Fsp3) is 0.800. The first kappa shape index (κ1) is 10.2. The lowest BCUT2D eigenvalue weighted by atomic mass is 10.3. The minimum atomic E-state index is -1.06. The molecule has 1 radical (unpaired) electrons. The molecule has 0 spiro atoms. The number of hydrogen-bond acceptors (Lipinski definition) is 0. The van der Waals surface area contributed by atoms with Crippen LogP contribution >= 0.6 is 46.4 Å². The van der Waals surface area contributed by atoms with Crippen molar-refractivity contribution in [1.82, 2.24) is 0 Å². The molecule has 0 aromatic carbocycles. The Morgan fingerprint density at radius 3 is 1.89 bits per heavy atom. The Hall–Kier alpha value is 1.16. The van der Waals surface area contributed by atoms with Crippen LogP contribution < -0.4 is 0 Å². The predicted octanol–water partition coefficient (Wildman–Crippen LogP) is 3.93. The summed E-state index contributed by atoms with van der Waals surface area (Å²) in [5.74, 6) is 0. The van der Waals surface area contributed by atoms with E-state index in [1.165, 1.54) is 0 Å². The molecule has 0 saturated heterocycles. The molecule has 0 atom stereocenters. The molecule has 0 bridgehead atoms. The van der Waals surface area contributed by atoms with E-state index in [4.69, 9.17) is 46.4 Å². The maximum absolute atomic E-state index is 5.64. The second kappa shape index (κ2) is 4.12. The molecule has 0 aromatic heterocycles. The molecular formula is C5H7Cl4. The van der Waals surface area contributed by atoms with Crippen molar-refractivity contribution in [2.24, 2.45) is 0 Å². The van der Waals surface area contributed by atoms with Crippen LogP contribution in [0.5, 0.6) is 0 Å². The molecule has 4 heteroatoms. The van der Waals surface area contributed by atoms with Gasteiger partial charge in [-0.2, -0.15) is 0 Å². The van der Waals surface area contributed by atoms with E-state index in [1.54, 1.807) is 0 Å². The molecule has 0 heterocycles. The van der Waals surface area contributed by atoms with Crippen molar-refractivity contribution in [3.8, 4) is 0 Å². The van der Waals surface area contributed by atoms with Crippen molar-refractivity contribution in [1.29, 1.82) is 0 Å². The minimum Gasteiger partial charge on any atom is -0.0982 e. The average Bonchev–Trinajstić information content (AvgIpc) is 1.65. The van der Waals surface area contributed by atoms with Gasteiger partial charge in [-0.1, -0.05) is 59.7 Å². The van der Waals surface area contributed by atoms with E-state index in [9.17, 15) is 0 Å².